The summed E-state index contributed by atoms with van der Waals surface area (Å²) in [5, 5.41) is 2.96. The van der Waals surface area contributed by atoms with E-state index in [9.17, 15) is 18.4 Å². The smallest absolute Gasteiger partial charge is 0.258 e. The molecule has 0 atom stereocenters. The zero-order valence-corrected chi connectivity index (χ0v) is 20.7. The van der Waals surface area contributed by atoms with Crippen LogP contribution in [0.5, 0.6) is 0 Å². The summed E-state index contributed by atoms with van der Waals surface area (Å²) in [5.41, 5.74) is 2.23. The van der Waals surface area contributed by atoms with Crippen molar-refractivity contribution in [3.05, 3.63) is 101 Å². The molecular weight excluding hydrogens is 476 g/mol. The van der Waals surface area contributed by atoms with Crippen LogP contribution in [-0.2, 0) is 22.5 Å². The molecule has 1 aliphatic rings. The van der Waals surface area contributed by atoms with E-state index < -0.39 is 11.7 Å². The van der Waals surface area contributed by atoms with Crippen molar-refractivity contribution in [1.29, 1.82) is 0 Å². The van der Waals surface area contributed by atoms with E-state index in [1.165, 1.54) is 35.2 Å². The SMILES string of the molecule is O=C(Cc1cccc(N(Cc2ccc(F)cc2)C(=O)c2cccc(F)c2)c1)NCCCN1CCOCC1. The van der Waals surface area contributed by atoms with Crippen molar-refractivity contribution in [3.63, 3.8) is 0 Å². The molecule has 0 saturated carbocycles. The largest absolute Gasteiger partial charge is 0.379 e. The Hall–Kier alpha value is -3.62. The fourth-order valence-electron chi connectivity index (χ4n) is 4.27. The average molecular weight is 508 g/mol. The molecular formula is C29H31F2N3O3. The molecule has 1 heterocycles. The van der Waals surface area contributed by atoms with Gasteiger partial charge in [0.25, 0.3) is 5.91 Å². The fraction of sp³-hybridized carbons (Fsp3) is 0.310. The molecule has 2 amide bonds. The van der Waals surface area contributed by atoms with Gasteiger partial charge in [-0.2, -0.15) is 0 Å². The van der Waals surface area contributed by atoms with E-state index in [0.717, 1.165) is 50.4 Å². The van der Waals surface area contributed by atoms with Gasteiger partial charge in [-0.25, -0.2) is 8.78 Å². The van der Waals surface area contributed by atoms with Gasteiger partial charge in [-0.15, -0.1) is 0 Å². The van der Waals surface area contributed by atoms with Crippen LogP contribution in [0.2, 0.25) is 0 Å². The maximum atomic E-state index is 13.8. The molecule has 1 aliphatic heterocycles. The molecule has 1 saturated heterocycles. The van der Waals surface area contributed by atoms with Crippen molar-refractivity contribution in [3.8, 4) is 0 Å². The van der Waals surface area contributed by atoms with Gasteiger partial charge >= 0.3 is 0 Å². The Balaban J connectivity index is 1.43. The van der Waals surface area contributed by atoms with Crippen molar-refractivity contribution >= 4 is 17.5 Å². The highest BCUT2D eigenvalue weighted by Crippen LogP contribution is 2.23. The number of halogens is 2. The van der Waals surface area contributed by atoms with Gasteiger partial charge in [-0.1, -0.05) is 30.3 Å². The quantitative estimate of drug-likeness (QED) is 0.418. The van der Waals surface area contributed by atoms with E-state index in [1.54, 1.807) is 36.4 Å². The maximum absolute atomic E-state index is 13.8. The number of carbonyl (C=O) groups is 2. The Morgan fingerprint density at radius 2 is 1.65 bits per heavy atom. The van der Waals surface area contributed by atoms with Crippen LogP contribution >= 0.6 is 0 Å². The Morgan fingerprint density at radius 1 is 0.892 bits per heavy atom. The Labute approximate surface area is 215 Å². The fourth-order valence-corrected chi connectivity index (χ4v) is 4.27. The van der Waals surface area contributed by atoms with Crippen LogP contribution in [0.25, 0.3) is 0 Å². The summed E-state index contributed by atoms with van der Waals surface area (Å²) in [4.78, 5) is 29.8. The second-order valence-electron chi connectivity index (χ2n) is 9.03. The summed E-state index contributed by atoms with van der Waals surface area (Å²) in [6, 6.07) is 18.6. The molecule has 0 radical (unpaired) electrons. The first-order chi connectivity index (χ1) is 18.0. The number of nitrogens with zero attached hydrogens (tertiary/aromatic N) is 2. The molecule has 0 aromatic heterocycles. The van der Waals surface area contributed by atoms with E-state index in [4.69, 9.17) is 4.74 Å². The normalized spacial score (nSPS) is 13.8. The first-order valence-electron chi connectivity index (χ1n) is 12.5. The van der Waals surface area contributed by atoms with Crippen molar-refractivity contribution in [1.82, 2.24) is 10.2 Å². The lowest BCUT2D eigenvalue weighted by Gasteiger charge is -2.26. The van der Waals surface area contributed by atoms with Gasteiger partial charge in [0.05, 0.1) is 26.2 Å². The van der Waals surface area contributed by atoms with E-state index in [-0.39, 0.29) is 30.3 Å². The van der Waals surface area contributed by atoms with Gasteiger partial charge in [0.1, 0.15) is 11.6 Å². The number of morpholine rings is 1. The van der Waals surface area contributed by atoms with Crippen molar-refractivity contribution in [2.24, 2.45) is 0 Å². The highest BCUT2D eigenvalue weighted by Gasteiger charge is 2.20. The number of nitrogens with one attached hydrogen (secondary N) is 1. The molecule has 0 aliphatic carbocycles. The molecule has 1 fully saturated rings. The molecule has 0 unspecified atom stereocenters. The van der Waals surface area contributed by atoms with Crippen LogP contribution in [0.1, 0.15) is 27.9 Å². The molecule has 3 aromatic rings. The van der Waals surface area contributed by atoms with E-state index in [2.05, 4.69) is 10.2 Å². The van der Waals surface area contributed by atoms with Gasteiger partial charge in [0, 0.05) is 30.9 Å². The zero-order chi connectivity index (χ0) is 26.0. The lowest BCUT2D eigenvalue weighted by Crippen LogP contribution is -2.38. The van der Waals surface area contributed by atoms with Crippen molar-refractivity contribution in [2.45, 2.75) is 19.4 Å². The van der Waals surface area contributed by atoms with Gasteiger partial charge < -0.3 is 15.0 Å². The van der Waals surface area contributed by atoms with Crippen LogP contribution in [-0.4, -0.2) is 56.1 Å². The molecule has 0 spiro atoms. The van der Waals surface area contributed by atoms with Gasteiger partial charge in [0.15, 0.2) is 0 Å². The topological polar surface area (TPSA) is 61.9 Å². The third-order valence-electron chi connectivity index (χ3n) is 6.23. The van der Waals surface area contributed by atoms with Gasteiger partial charge in [-0.3, -0.25) is 14.5 Å². The molecule has 0 bridgehead atoms. The van der Waals surface area contributed by atoms with Gasteiger partial charge in [0.2, 0.25) is 5.91 Å². The standard InChI is InChI=1S/C29H31F2N3O3/c30-25-10-8-22(9-11-25)21-34(29(36)24-5-2-6-26(31)20-24)27-7-1-4-23(18-27)19-28(35)32-12-3-13-33-14-16-37-17-15-33/h1-2,4-11,18,20H,3,12-17,19,21H2,(H,32,35). The van der Waals surface area contributed by atoms with Crippen LogP contribution in [0.3, 0.4) is 0 Å². The summed E-state index contributed by atoms with van der Waals surface area (Å²) in [6.07, 6.45) is 1.03. The van der Waals surface area contributed by atoms with Crippen LogP contribution in [0.15, 0.2) is 72.8 Å². The molecule has 194 valence electrons. The van der Waals surface area contributed by atoms with Crippen molar-refractivity contribution in [2.75, 3.05) is 44.3 Å². The Kier molecular flexibility index (Phi) is 9.35. The van der Waals surface area contributed by atoms with E-state index >= 15 is 0 Å². The first kappa shape index (κ1) is 26.4. The number of anilines is 1. The molecule has 1 N–H and O–H groups in total. The monoisotopic (exact) mass is 507 g/mol. The first-order valence-corrected chi connectivity index (χ1v) is 12.5. The second-order valence-corrected chi connectivity index (χ2v) is 9.03. The number of ether oxygens (including phenoxy) is 1. The van der Waals surface area contributed by atoms with Crippen molar-refractivity contribution < 1.29 is 23.1 Å². The number of carbonyl (C=O) groups excluding carboxylic acids is 2. The lowest BCUT2D eigenvalue weighted by molar-refractivity contribution is -0.120. The number of hydrogen-bond donors (Lipinski definition) is 1. The van der Waals surface area contributed by atoms with Crippen LogP contribution < -0.4 is 10.2 Å². The third kappa shape index (κ3) is 7.93. The van der Waals surface area contributed by atoms with E-state index in [0.29, 0.717) is 12.2 Å². The predicted octanol–water partition coefficient (Wildman–Crippen LogP) is 4.19. The van der Waals surface area contributed by atoms with Crippen LogP contribution in [0, 0.1) is 11.6 Å². The van der Waals surface area contributed by atoms with E-state index in [1.807, 2.05) is 6.07 Å². The summed E-state index contributed by atoms with van der Waals surface area (Å²) in [7, 11) is 0. The second kappa shape index (κ2) is 13.1. The summed E-state index contributed by atoms with van der Waals surface area (Å²) in [6.45, 7) is 5.01. The maximum Gasteiger partial charge on any atom is 0.258 e. The molecule has 4 rings (SSSR count). The highest BCUT2D eigenvalue weighted by molar-refractivity contribution is 6.06. The third-order valence-corrected chi connectivity index (χ3v) is 6.23. The predicted molar refractivity (Wildman–Crippen MR) is 138 cm³/mol. The summed E-state index contributed by atoms with van der Waals surface area (Å²) < 4.78 is 32.6. The Morgan fingerprint density at radius 3 is 2.41 bits per heavy atom. The number of rotatable bonds is 10. The molecule has 3 aromatic carbocycles. The van der Waals surface area contributed by atoms with Gasteiger partial charge in [-0.05, 0) is 66.6 Å². The summed E-state index contributed by atoms with van der Waals surface area (Å²) in [5.74, 6) is -1.37. The number of hydrogen-bond acceptors (Lipinski definition) is 4. The lowest BCUT2D eigenvalue weighted by atomic mass is 10.1. The average Bonchev–Trinajstić information content (AvgIpc) is 2.91. The van der Waals surface area contributed by atoms with Crippen LogP contribution in [0.4, 0.5) is 14.5 Å². The molecule has 6 nitrogen and oxygen atoms in total. The minimum atomic E-state index is -0.508. The molecule has 8 heteroatoms. The molecule has 37 heavy (non-hydrogen) atoms. The minimum Gasteiger partial charge on any atom is -0.379 e. The zero-order valence-electron chi connectivity index (χ0n) is 20.7. The summed E-state index contributed by atoms with van der Waals surface area (Å²) >= 11 is 0. The number of amides is 2. The Bertz CT molecular complexity index is 1200. The minimum absolute atomic E-state index is 0.0966. The highest BCUT2D eigenvalue weighted by atomic mass is 19.1. The number of benzene rings is 3.